The predicted octanol–water partition coefficient (Wildman–Crippen LogP) is 12.9. The third-order valence-electron chi connectivity index (χ3n) is 9.53. The van der Waals surface area contributed by atoms with Gasteiger partial charge in [0.1, 0.15) is 0 Å². The molecule has 0 bridgehead atoms. The molecule has 0 fully saturated rings. The first-order valence-corrected chi connectivity index (χ1v) is 16.8. The van der Waals surface area contributed by atoms with Gasteiger partial charge in [-0.15, -0.1) is 11.3 Å². The Balaban J connectivity index is 1.27. The first kappa shape index (κ1) is 26.3. The summed E-state index contributed by atoms with van der Waals surface area (Å²) >= 11 is 1.89. The van der Waals surface area contributed by atoms with Gasteiger partial charge in [0.2, 0.25) is 0 Å². The van der Waals surface area contributed by atoms with Gasteiger partial charge in [0.15, 0.2) is 0 Å². The molecular weight excluding hydrogens is 589 g/mol. The fourth-order valence-electron chi connectivity index (χ4n) is 7.43. The van der Waals surface area contributed by atoms with Gasteiger partial charge in [0.25, 0.3) is 0 Å². The smallest absolute Gasteiger partial charge is 0.0640 e. The van der Waals surface area contributed by atoms with Crippen molar-refractivity contribution in [1.82, 2.24) is 4.57 Å². The number of anilines is 3. The van der Waals surface area contributed by atoms with Crippen LogP contribution in [0.25, 0.3) is 69.2 Å². The predicted molar refractivity (Wildman–Crippen MR) is 203 cm³/mol. The standard InChI is InChI=1S/C44H28N2S/c1-2-14-32(15-3-1)46-39-19-9-8-17-36(39)38-28-34(24-25-40(38)46)45(33-23-21-29-11-4-5-13-31(29)27-33)41-20-10-18-37-43-35-16-7-6-12-30(35)22-26-42(43)47-44(37)41/h1-28H. The maximum absolute atomic E-state index is 2.46. The number of fused-ring (bicyclic) bond motifs is 9. The van der Waals surface area contributed by atoms with E-state index < -0.39 is 0 Å². The Bertz CT molecular complexity index is 2810. The van der Waals surface area contributed by atoms with Crippen LogP contribution in [0.4, 0.5) is 17.1 Å². The van der Waals surface area contributed by atoms with Gasteiger partial charge in [-0.3, -0.25) is 0 Å². The Kier molecular flexibility index (Phi) is 5.78. The summed E-state index contributed by atoms with van der Waals surface area (Å²) in [6.07, 6.45) is 0. The van der Waals surface area contributed by atoms with E-state index in [4.69, 9.17) is 0 Å². The van der Waals surface area contributed by atoms with Crippen molar-refractivity contribution >= 4 is 91.9 Å². The van der Waals surface area contributed by atoms with E-state index in [1.807, 2.05) is 11.3 Å². The van der Waals surface area contributed by atoms with Gasteiger partial charge in [-0.05, 0) is 82.2 Å². The van der Waals surface area contributed by atoms with Crippen LogP contribution in [0.5, 0.6) is 0 Å². The van der Waals surface area contributed by atoms with Crippen molar-refractivity contribution in [3.63, 3.8) is 0 Å². The number of hydrogen-bond acceptors (Lipinski definition) is 2. The van der Waals surface area contributed by atoms with Crippen LogP contribution in [0.2, 0.25) is 0 Å². The Morgan fingerprint density at radius 1 is 0.426 bits per heavy atom. The Hall–Kier alpha value is -5.90. The molecule has 0 radical (unpaired) electrons. The number of thiophene rings is 1. The SMILES string of the molecule is c1ccc(-n2c3ccccc3c3cc(N(c4ccc5ccccc5c4)c4cccc5c4sc4ccc6ccccc6c45)ccc32)cc1. The van der Waals surface area contributed by atoms with Gasteiger partial charge in [-0.2, -0.15) is 0 Å². The summed E-state index contributed by atoms with van der Waals surface area (Å²) < 4.78 is 4.98. The van der Waals surface area contributed by atoms with Crippen LogP contribution >= 0.6 is 11.3 Å². The Labute approximate surface area is 276 Å². The zero-order valence-corrected chi connectivity index (χ0v) is 26.3. The van der Waals surface area contributed by atoms with Crippen LogP contribution in [0.3, 0.4) is 0 Å². The van der Waals surface area contributed by atoms with Crippen LogP contribution in [0.1, 0.15) is 0 Å². The number of aromatic nitrogens is 1. The average molecular weight is 617 g/mol. The molecule has 220 valence electrons. The van der Waals surface area contributed by atoms with Crippen LogP contribution in [-0.4, -0.2) is 4.57 Å². The van der Waals surface area contributed by atoms with E-state index in [1.54, 1.807) is 0 Å². The minimum Gasteiger partial charge on any atom is -0.309 e. The van der Waals surface area contributed by atoms with Crippen LogP contribution in [-0.2, 0) is 0 Å². The molecule has 8 aromatic carbocycles. The van der Waals surface area contributed by atoms with Gasteiger partial charge in [0.05, 0.1) is 21.4 Å². The first-order valence-electron chi connectivity index (χ1n) is 16.0. The lowest BCUT2D eigenvalue weighted by Gasteiger charge is -2.26. The number of benzene rings is 8. The highest BCUT2D eigenvalue weighted by Gasteiger charge is 2.21. The van der Waals surface area contributed by atoms with Gasteiger partial charge < -0.3 is 9.47 Å². The topological polar surface area (TPSA) is 8.17 Å². The maximum atomic E-state index is 2.46. The maximum Gasteiger partial charge on any atom is 0.0640 e. The lowest BCUT2D eigenvalue weighted by molar-refractivity contribution is 1.18. The highest BCUT2D eigenvalue weighted by Crippen LogP contribution is 2.47. The first-order chi connectivity index (χ1) is 23.3. The summed E-state index contributed by atoms with van der Waals surface area (Å²) in [4.78, 5) is 2.46. The lowest BCUT2D eigenvalue weighted by Crippen LogP contribution is -2.10. The number of nitrogens with zero attached hydrogens (tertiary/aromatic N) is 2. The zero-order chi connectivity index (χ0) is 30.9. The van der Waals surface area contributed by atoms with Crippen molar-refractivity contribution in [3.8, 4) is 5.69 Å². The minimum atomic E-state index is 1.14. The van der Waals surface area contributed by atoms with Gasteiger partial charge >= 0.3 is 0 Å². The normalized spacial score (nSPS) is 11.8. The molecule has 3 heteroatoms. The fraction of sp³-hybridized carbons (Fsp3) is 0. The molecule has 0 aliphatic carbocycles. The van der Waals surface area contributed by atoms with Crippen molar-refractivity contribution in [2.24, 2.45) is 0 Å². The average Bonchev–Trinajstić information content (AvgIpc) is 3.69. The third kappa shape index (κ3) is 4.04. The lowest BCUT2D eigenvalue weighted by atomic mass is 10.0. The molecule has 10 rings (SSSR count). The summed E-state index contributed by atoms with van der Waals surface area (Å²) in [7, 11) is 0. The van der Waals surface area contributed by atoms with Gasteiger partial charge in [0, 0.05) is 43.3 Å². The quantitative estimate of drug-likeness (QED) is 0.191. The van der Waals surface area contributed by atoms with Gasteiger partial charge in [-0.25, -0.2) is 0 Å². The molecule has 0 N–H and O–H groups in total. The van der Waals surface area contributed by atoms with Gasteiger partial charge in [-0.1, -0.05) is 109 Å². The molecule has 10 aromatic rings. The van der Waals surface area contributed by atoms with Crippen LogP contribution in [0, 0.1) is 0 Å². The second-order valence-electron chi connectivity index (χ2n) is 12.2. The summed E-state index contributed by atoms with van der Waals surface area (Å²) in [6, 6.07) is 62.0. The molecule has 0 unspecified atom stereocenters. The second kappa shape index (κ2) is 10.3. The third-order valence-corrected chi connectivity index (χ3v) is 10.7. The monoisotopic (exact) mass is 616 g/mol. The van der Waals surface area contributed by atoms with Crippen LogP contribution in [0.15, 0.2) is 170 Å². The molecule has 0 amide bonds. The largest absolute Gasteiger partial charge is 0.309 e. The molecule has 47 heavy (non-hydrogen) atoms. The van der Waals surface area contributed by atoms with E-state index in [9.17, 15) is 0 Å². The number of rotatable bonds is 4. The van der Waals surface area contributed by atoms with E-state index in [0.717, 1.165) is 11.4 Å². The molecular formula is C44H28N2S. The van der Waals surface area contributed by atoms with E-state index in [1.165, 1.54) is 74.9 Å². The second-order valence-corrected chi connectivity index (χ2v) is 13.2. The summed E-state index contributed by atoms with van der Waals surface area (Å²) in [5.74, 6) is 0. The number of hydrogen-bond donors (Lipinski definition) is 0. The van der Waals surface area contributed by atoms with E-state index in [2.05, 4.69) is 179 Å². The zero-order valence-electron chi connectivity index (χ0n) is 25.5. The summed E-state index contributed by atoms with van der Waals surface area (Å²) in [5, 5.41) is 10.2. The van der Waals surface area contributed by atoms with Crippen molar-refractivity contribution in [1.29, 1.82) is 0 Å². The molecule has 0 saturated heterocycles. The number of para-hydroxylation sites is 2. The molecule has 2 aromatic heterocycles. The fourth-order valence-corrected chi connectivity index (χ4v) is 8.65. The molecule has 0 aliphatic heterocycles. The Morgan fingerprint density at radius 2 is 1.09 bits per heavy atom. The minimum absolute atomic E-state index is 1.14. The molecule has 0 aliphatic rings. The Morgan fingerprint density at radius 3 is 1.98 bits per heavy atom. The molecule has 0 spiro atoms. The van der Waals surface area contributed by atoms with E-state index in [-0.39, 0.29) is 0 Å². The summed E-state index contributed by atoms with van der Waals surface area (Å²) in [5.41, 5.74) is 7.05. The summed E-state index contributed by atoms with van der Waals surface area (Å²) in [6.45, 7) is 0. The highest BCUT2D eigenvalue weighted by atomic mass is 32.1. The van der Waals surface area contributed by atoms with Crippen molar-refractivity contribution in [2.75, 3.05) is 4.90 Å². The molecule has 0 saturated carbocycles. The van der Waals surface area contributed by atoms with E-state index in [0.29, 0.717) is 0 Å². The highest BCUT2D eigenvalue weighted by molar-refractivity contribution is 7.26. The molecule has 0 atom stereocenters. The van der Waals surface area contributed by atoms with Crippen molar-refractivity contribution in [3.05, 3.63) is 170 Å². The van der Waals surface area contributed by atoms with Crippen molar-refractivity contribution < 1.29 is 0 Å². The van der Waals surface area contributed by atoms with E-state index >= 15 is 0 Å². The molecule has 2 heterocycles. The van der Waals surface area contributed by atoms with Crippen LogP contribution < -0.4 is 4.90 Å². The van der Waals surface area contributed by atoms with Crippen molar-refractivity contribution in [2.45, 2.75) is 0 Å². The molecule has 2 nitrogen and oxygen atoms in total.